The Labute approximate surface area is 194 Å². The lowest BCUT2D eigenvalue weighted by Crippen LogP contribution is -2.39. The molecule has 0 amide bonds. The highest BCUT2D eigenvalue weighted by Crippen LogP contribution is 2.36. The van der Waals surface area contributed by atoms with Crippen molar-refractivity contribution in [2.45, 2.75) is 89.4 Å². The molecule has 1 aromatic carbocycles. The Hall–Kier alpha value is -2.74. The number of H-pyrrole nitrogens is 1. The van der Waals surface area contributed by atoms with Crippen LogP contribution in [0.3, 0.4) is 0 Å². The maximum atomic E-state index is 13.1. The second kappa shape index (κ2) is 9.63. The van der Waals surface area contributed by atoms with Crippen LogP contribution in [0.25, 0.3) is 10.9 Å². The van der Waals surface area contributed by atoms with Crippen molar-refractivity contribution in [2.75, 3.05) is 7.11 Å². The van der Waals surface area contributed by atoms with E-state index in [1.54, 1.807) is 7.11 Å². The van der Waals surface area contributed by atoms with Crippen molar-refractivity contribution >= 4 is 10.9 Å². The van der Waals surface area contributed by atoms with Crippen LogP contribution in [0.15, 0.2) is 29.1 Å². The van der Waals surface area contributed by atoms with Crippen LogP contribution >= 0.6 is 0 Å². The molecule has 176 valence electrons. The number of hydrogen-bond acceptors (Lipinski definition) is 6. The van der Waals surface area contributed by atoms with Crippen LogP contribution < -0.4 is 10.3 Å². The summed E-state index contributed by atoms with van der Waals surface area (Å²) in [5, 5.41) is 14.0. The highest BCUT2D eigenvalue weighted by atomic mass is 16.5. The molecule has 2 aliphatic rings. The average Bonchev–Trinajstić information content (AvgIpc) is 3.61. The second-order valence-corrected chi connectivity index (χ2v) is 9.53. The van der Waals surface area contributed by atoms with Gasteiger partial charge in [0.05, 0.1) is 19.2 Å². The molecule has 3 aromatic rings. The number of pyridine rings is 1. The van der Waals surface area contributed by atoms with Crippen molar-refractivity contribution in [3.8, 4) is 5.75 Å². The van der Waals surface area contributed by atoms with E-state index in [0.29, 0.717) is 18.6 Å². The van der Waals surface area contributed by atoms with E-state index in [1.165, 1.54) is 25.7 Å². The van der Waals surface area contributed by atoms with Crippen LogP contribution in [0.2, 0.25) is 0 Å². The van der Waals surface area contributed by atoms with E-state index in [-0.39, 0.29) is 11.6 Å². The highest BCUT2D eigenvalue weighted by molar-refractivity contribution is 5.80. The summed E-state index contributed by atoms with van der Waals surface area (Å²) < 4.78 is 7.48. The largest absolute Gasteiger partial charge is 0.497 e. The number of benzene rings is 1. The molecule has 2 aromatic heterocycles. The molecule has 0 saturated heterocycles. The SMILES string of the molecule is CC[C@H](c1nnnn1C1CCCC1)N(Cc1cc2cc(OC)ccc2[nH]c1=O)C1CCCC1. The summed E-state index contributed by atoms with van der Waals surface area (Å²) in [6.45, 7) is 2.79. The van der Waals surface area contributed by atoms with Gasteiger partial charge in [0.25, 0.3) is 5.56 Å². The number of nitrogens with one attached hydrogen (secondary N) is 1. The third-order valence-corrected chi connectivity index (χ3v) is 7.55. The van der Waals surface area contributed by atoms with Crippen LogP contribution in [0.4, 0.5) is 0 Å². The van der Waals surface area contributed by atoms with E-state index in [2.05, 4.69) is 37.0 Å². The molecule has 2 aliphatic carbocycles. The van der Waals surface area contributed by atoms with Crippen LogP contribution in [0.5, 0.6) is 5.75 Å². The fourth-order valence-corrected chi connectivity index (χ4v) is 5.79. The van der Waals surface area contributed by atoms with Crippen LogP contribution in [0.1, 0.15) is 88.2 Å². The van der Waals surface area contributed by atoms with Gasteiger partial charge in [0.2, 0.25) is 0 Å². The van der Waals surface area contributed by atoms with Gasteiger partial charge in [-0.3, -0.25) is 9.69 Å². The number of tetrazole rings is 1. The summed E-state index contributed by atoms with van der Waals surface area (Å²) >= 11 is 0. The number of rotatable bonds is 8. The van der Waals surface area contributed by atoms with Crippen LogP contribution in [-0.2, 0) is 6.54 Å². The lowest BCUT2D eigenvalue weighted by Gasteiger charge is -2.35. The molecule has 1 N–H and O–H groups in total. The Bertz CT molecular complexity index is 1140. The summed E-state index contributed by atoms with van der Waals surface area (Å²) in [6.07, 6.45) is 10.4. The maximum Gasteiger partial charge on any atom is 0.252 e. The number of methoxy groups -OCH3 is 1. The van der Waals surface area contributed by atoms with Gasteiger partial charge in [-0.25, -0.2) is 4.68 Å². The number of hydrogen-bond donors (Lipinski definition) is 1. The summed E-state index contributed by atoms with van der Waals surface area (Å²) in [5.74, 6) is 1.74. The Morgan fingerprint density at radius 1 is 1.15 bits per heavy atom. The van der Waals surface area contributed by atoms with E-state index >= 15 is 0 Å². The van der Waals surface area contributed by atoms with Crippen molar-refractivity contribution in [3.05, 3.63) is 46.0 Å². The molecule has 0 aliphatic heterocycles. The predicted octanol–water partition coefficient (Wildman–Crippen LogP) is 4.53. The van der Waals surface area contributed by atoms with E-state index in [4.69, 9.17) is 4.74 Å². The zero-order valence-electron chi connectivity index (χ0n) is 19.7. The van der Waals surface area contributed by atoms with Gasteiger partial charge in [0, 0.05) is 29.1 Å². The summed E-state index contributed by atoms with van der Waals surface area (Å²) in [5.41, 5.74) is 1.58. The third kappa shape index (κ3) is 4.40. The normalized spacial score (nSPS) is 18.5. The molecule has 1 atom stereocenters. The van der Waals surface area contributed by atoms with Crippen LogP contribution in [-0.4, -0.2) is 43.2 Å². The van der Waals surface area contributed by atoms with Gasteiger partial charge < -0.3 is 9.72 Å². The molecule has 0 spiro atoms. The van der Waals surface area contributed by atoms with Gasteiger partial charge in [-0.1, -0.05) is 32.6 Å². The minimum atomic E-state index is -0.0269. The Morgan fingerprint density at radius 2 is 1.91 bits per heavy atom. The van der Waals surface area contributed by atoms with E-state index in [0.717, 1.165) is 60.1 Å². The first-order chi connectivity index (χ1) is 16.2. The van der Waals surface area contributed by atoms with Crippen molar-refractivity contribution in [1.82, 2.24) is 30.1 Å². The fourth-order valence-electron chi connectivity index (χ4n) is 5.79. The summed E-state index contributed by atoms with van der Waals surface area (Å²) in [6, 6.07) is 8.69. The van der Waals surface area contributed by atoms with E-state index in [9.17, 15) is 4.79 Å². The first kappa shape index (κ1) is 22.1. The maximum absolute atomic E-state index is 13.1. The van der Waals surface area contributed by atoms with Crippen molar-refractivity contribution < 1.29 is 4.74 Å². The minimum Gasteiger partial charge on any atom is -0.497 e. The van der Waals surface area contributed by atoms with Crippen molar-refractivity contribution in [3.63, 3.8) is 0 Å². The van der Waals surface area contributed by atoms with Gasteiger partial charge in [-0.2, -0.15) is 0 Å². The number of ether oxygens (including phenoxy) is 1. The lowest BCUT2D eigenvalue weighted by molar-refractivity contribution is 0.110. The molecule has 0 unspecified atom stereocenters. The number of fused-ring (bicyclic) bond motifs is 1. The van der Waals surface area contributed by atoms with Gasteiger partial charge in [-0.15, -0.1) is 5.10 Å². The first-order valence-electron chi connectivity index (χ1n) is 12.4. The minimum absolute atomic E-state index is 0.0269. The first-order valence-corrected chi connectivity index (χ1v) is 12.4. The topological polar surface area (TPSA) is 88.9 Å². The average molecular weight is 451 g/mol. The third-order valence-electron chi connectivity index (χ3n) is 7.55. The van der Waals surface area contributed by atoms with Gasteiger partial charge in [0.1, 0.15) is 5.75 Å². The molecule has 2 heterocycles. The molecule has 8 nitrogen and oxygen atoms in total. The fraction of sp³-hybridized carbons (Fsp3) is 0.600. The van der Waals surface area contributed by atoms with Crippen LogP contribution in [0, 0.1) is 0 Å². The van der Waals surface area contributed by atoms with Gasteiger partial charge in [0.15, 0.2) is 5.82 Å². The molecule has 5 rings (SSSR count). The lowest BCUT2D eigenvalue weighted by atomic mass is 10.0. The van der Waals surface area contributed by atoms with Crippen molar-refractivity contribution in [1.29, 1.82) is 0 Å². The molecule has 2 saturated carbocycles. The second-order valence-electron chi connectivity index (χ2n) is 9.53. The molecule has 33 heavy (non-hydrogen) atoms. The number of nitrogens with zero attached hydrogens (tertiary/aromatic N) is 5. The summed E-state index contributed by atoms with van der Waals surface area (Å²) in [7, 11) is 1.66. The molecular formula is C25H34N6O2. The monoisotopic (exact) mass is 450 g/mol. The Balaban J connectivity index is 1.51. The molecule has 8 heteroatoms. The van der Waals surface area contributed by atoms with Gasteiger partial charge in [-0.05, 0) is 66.8 Å². The standard InChI is InChI=1S/C25H34N6O2/c1-3-23(24-27-28-29-31(24)20-10-6-7-11-20)30(19-8-4-5-9-19)16-18-14-17-15-21(33-2)12-13-22(17)26-25(18)32/h12-15,19-20,23H,3-11,16H2,1-2H3,(H,26,32)/t23-/m1/s1. The van der Waals surface area contributed by atoms with Crippen molar-refractivity contribution in [2.24, 2.45) is 0 Å². The molecule has 0 radical (unpaired) electrons. The Kier molecular flexibility index (Phi) is 6.44. The van der Waals surface area contributed by atoms with E-state index in [1.807, 2.05) is 24.3 Å². The molecular weight excluding hydrogens is 416 g/mol. The quantitative estimate of drug-likeness (QED) is 0.542. The predicted molar refractivity (Wildman–Crippen MR) is 127 cm³/mol. The van der Waals surface area contributed by atoms with E-state index < -0.39 is 0 Å². The number of aromatic nitrogens is 5. The zero-order chi connectivity index (χ0) is 22.8. The van der Waals surface area contributed by atoms with Gasteiger partial charge >= 0.3 is 0 Å². The molecule has 2 fully saturated rings. The smallest absolute Gasteiger partial charge is 0.252 e. The number of aromatic amines is 1. The summed E-state index contributed by atoms with van der Waals surface area (Å²) in [4.78, 5) is 18.6. The molecule has 0 bridgehead atoms. The Morgan fingerprint density at radius 3 is 2.64 bits per heavy atom. The highest BCUT2D eigenvalue weighted by Gasteiger charge is 2.34. The zero-order valence-corrected chi connectivity index (χ0v) is 19.7.